The first-order valence-electron chi connectivity index (χ1n) is 5.96. The van der Waals surface area contributed by atoms with Gasteiger partial charge in [0.25, 0.3) is 0 Å². The topological polar surface area (TPSA) is 38.7 Å². The van der Waals surface area contributed by atoms with Crippen molar-refractivity contribution in [3.63, 3.8) is 0 Å². The quantitative estimate of drug-likeness (QED) is 0.879. The molecule has 2 unspecified atom stereocenters. The van der Waals surface area contributed by atoms with Crippen LogP contribution in [0.4, 0.5) is 0 Å². The molecule has 0 radical (unpaired) electrons. The average Bonchev–Trinajstić information content (AvgIpc) is 2.46. The van der Waals surface area contributed by atoms with E-state index in [-0.39, 0.29) is 18.8 Å². The Morgan fingerprint density at radius 3 is 2.11 bits per heavy atom. The zero-order valence-corrected chi connectivity index (χ0v) is 9.82. The van der Waals surface area contributed by atoms with Crippen LogP contribution in [0, 0.1) is 0 Å². The molecular formula is C15H14O3. The zero-order chi connectivity index (χ0) is 12.4. The minimum atomic E-state index is -0.373. The highest BCUT2D eigenvalue weighted by molar-refractivity contribution is 5.42. The minimum Gasteiger partial charge on any atom is -0.480 e. The molecule has 1 N–H and O–H groups in total. The molecule has 1 aliphatic rings. The average molecular weight is 242 g/mol. The first kappa shape index (κ1) is 11.1. The highest BCUT2D eigenvalue weighted by Crippen LogP contribution is 2.38. The summed E-state index contributed by atoms with van der Waals surface area (Å²) in [6.45, 7) is -0.0755. The van der Waals surface area contributed by atoms with E-state index in [1.807, 2.05) is 54.6 Å². The van der Waals surface area contributed by atoms with E-state index in [2.05, 4.69) is 0 Å². The molecule has 0 saturated heterocycles. The van der Waals surface area contributed by atoms with Gasteiger partial charge in [0.05, 0.1) is 6.61 Å². The summed E-state index contributed by atoms with van der Waals surface area (Å²) in [5, 5.41) is 9.44. The molecule has 0 amide bonds. The molecule has 0 bridgehead atoms. The van der Waals surface area contributed by atoms with E-state index in [1.54, 1.807) is 0 Å². The van der Waals surface area contributed by atoms with Gasteiger partial charge in [-0.15, -0.1) is 0 Å². The smallest absolute Gasteiger partial charge is 0.163 e. The van der Waals surface area contributed by atoms with Gasteiger partial charge in [-0.2, -0.15) is 0 Å². The third kappa shape index (κ3) is 1.93. The maximum atomic E-state index is 9.44. The van der Waals surface area contributed by atoms with Crippen molar-refractivity contribution in [3.8, 4) is 11.5 Å². The van der Waals surface area contributed by atoms with Crippen LogP contribution in [-0.2, 0) is 0 Å². The summed E-state index contributed by atoms with van der Waals surface area (Å²) in [5.41, 5.74) is 1.01. The van der Waals surface area contributed by atoms with Gasteiger partial charge in [-0.25, -0.2) is 0 Å². The lowest BCUT2D eigenvalue weighted by Crippen LogP contribution is -2.35. The molecule has 0 aromatic heterocycles. The summed E-state index contributed by atoms with van der Waals surface area (Å²) in [5.74, 6) is 1.40. The lowest BCUT2D eigenvalue weighted by molar-refractivity contribution is -0.0123. The molecule has 1 aliphatic heterocycles. The Labute approximate surface area is 106 Å². The molecule has 3 heteroatoms. The first-order chi connectivity index (χ1) is 8.88. The molecule has 3 rings (SSSR count). The van der Waals surface area contributed by atoms with Crippen LogP contribution in [0.2, 0.25) is 0 Å². The van der Waals surface area contributed by atoms with Gasteiger partial charge in [0, 0.05) is 0 Å². The van der Waals surface area contributed by atoms with Crippen LogP contribution < -0.4 is 9.47 Å². The van der Waals surface area contributed by atoms with Crippen molar-refractivity contribution in [2.75, 3.05) is 6.61 Å². The van der Waals surface area contributed by atoms with Crippen LogP contribution in [0.3, 0.4) is 0 Å². The van der Waals surface area contributed by atoms with Gasteiger partial charge in [0.1, 0.15) is 0 Å². The molecule has 92 valence electrons. The number of ether oxygens (including phenoxy) is 2. The van der Waals surface area contributed by atoms with E-state index in [0.717, 1.165) is 11.3 Å². The second-order valence-electron chi connectivity index (χ2n) is 4.23. The molecule has 3 nitrogen and oxygen atoms in total. The van der Waals surface area contributed by atoms with Crippen molar-refractivity contribution in [2.24, 2.45) is 0 Å². The Morgan fingerprint density at radius 1 is 0.833 bits per heavy atom. The number of hydrogen-bond donors (Lipinski definition) is 1. The van der Waals surface area contributed by atoms with Crippen molar-refractivity contribution in [2.45, 2.75) is 12.2 Å². The van der Waals surface area contributed by atoms with Gasteiger partial charge in [-0.05, 0) is 17.7 Å². The second-order valence-corrected chi connectivity index (χ2v) is 4.23. The molecule has 18 heavy (non-hydrogen) atoms. The number of aliphatic hydroxyl groups excluding tert-OH is 1. The second kappa shape index (κ2) is 4.70. The van der Waals surface area contributed by atoms with E-state index < -0.39 is 0 Å². The molecule has 0 saturated carbocycles. The Morgan fingerprint density at radius 2 is 1.44 bits per heavy atom. The summed E-state index contributed by atoms with van der Waals surface area (Å²) in [7, 11) is 0. The predicted octanol–water partition coefficient (Wildman–Crippen LogP) is 2.56. The molecular weight excluding hydrogens is 228 g/mol. The summed E-state index contributed by atoms with van der Waals surface area (Å²) in [4.78, 5) is 0. The van der Waals surface area contributed by atoms with E-state index in [0.29, 0.717) is 5.75 Å². The summed E-state index contributed by atoms with van der Waals surface area (Å²) in [6, 6.07) is 17.3. The number of hydrogen-bond acceptors (Lipinski definition) is 3. The maximum Gasteiger partial charge on any atom is 0.163 e. The van der Waals surface area contributed by atoms with Gasteiger partial charge in [0.15, 0.2) is 23.7 Å². The number of aliphatic hydroxyl groups is 1. The van der Waals surface area contributed by atoms with Crippen LogP contribution >= 0.6 is 0 Å². The molecule has 0 fully saturated rings. The number of rotatable bonds is 2. The molecule has 2 atom stereocenters. The Balaban J connectivity index is 1.96. The Hall–Kier alpha value is -2.00. The molecule has 0 aliphatic carbocycles. The van der Waals surface area contributed by atoms with Crippen LogP contribution in [0.15, 0.2) is 54.6 Å². The van der Waals surface area contributed by atoms with Crippen LogP contribution in [0.25, 0.3) is 0 Å². The van der Waals surface area contributed by atoms with Gasteiger partial charge >= 0.3 is 0 Å². The maximum absolute atomic E-state index is 9.44. The van der Waals surface area contributed by atoms with Gasteiger partial charge < -0.3 is 14.6 Å². The van der Waals surface area contributed by atoms with Gasteiger partial charge in [0.2, 0.25) is 0 Å². The van der Waals surface area contributed by atoms with E-state index in [4.69, 9.17) is 9.47 Å². The summed E-state index contributed by atoms with van der Waals surface area (Å²) >= 11 is 0. The molecule has 2 aromatic rings. The predicted molar refractivity (Wildman–Crippen MR) is 67.8 cm³/mol. The van der Waals surface area contributed by atoms with Crippen molar-refractivity contribution >= 4 is 0 Å². The van der Waals surface area contributed by atoms with E-state index >= 15 is 0 Å². The van der Waals surface area contributed by atoms with Gasteiger partial charge in [-0.3, -0.25) is 0 Å². The largest absolute Gasteiger partial charge is 0.480 e. The first-order valence-corrected chi connectivity index (χ1v) is 5.96. The van der Waals surface area contributed by atoms with Crippen molar-refractivity contribution in [3.05, 3.63) is 60.2 Å². The van der Waals surface area contributed by atoms with Crippen molar-refractivity contribution in [1.29, 1.82) is 0 Å². The zero-order valence-electron chi connectivity index (χ0n) is 9.82. The third-order valence-corrected chi connectivity index (χ3v) is 3.03. The highest BCUT2D eigenvalue weighted by atomic mass is 16.6. The fourth-order valence-corrected chi connectivity index (χ4v) is 2.14. The normalized spacial score (nSPS) is 21.6. The lowest BCUT2D eigenvalue weighted by atomic mass is 10.0. The van der Waals surface area contributed by atoms with E-state index in [9.17, 15) is 5.11 Å². The Bertz CT molecular complexity index is 524. The van der Waals surface area contributed by atoms with Crippen molar-refractivity contribution in [1.82, 2.24) is 0 Å². The molecule has 2 aromatic carbocycles. The number of fused-ring (bicyclic) bond motifs is 1. The standard InChI is InChI=1S/C15H14O3/c16-10-14-15(11-6-2-1-3-7-11)18-13-9-5-4-8-12(13)17-14/h1-9,14-16H,10H2. The van der Waals surface area contributed by atoms with Gasteiger partial charge in [-0.1, -0.05) is 42.5 Å². The van der Waals surface area contributed by atoms with E-state index in [1.165, 1.54) is 0 Å². The van der Waals surface area contributed by atoms with Crippen LogP contribution in [-0.4, -0.2) is 17.8 Å². The lowest BCUT2D eigenvalue weighted by Gasteiger charge is -2.33. The molecule has 1 heterocycles. The van der Waals surface area contributed by atoms with Crippen LogP contribution in [0.5, 0.6) is 11.5 Å². The fourth-order valence-electron chi connectivity index (χ4n) is 2.14. The summed E-state index contributed by atoms with van der Waals surface area (Å²) < 4.78 is 11.7. The SMILES string of the molecule is OCC1Oc2ccccc2OC1c1ccccc1. The highest BCUT2D eigenvalue weighted by Gasteiger charge is 2.31. The monoisotopic (exact) mass is 242 g/mol. The number of para-hydroxylation sites is 2. The Kier molecular flexibility index (Phi) is 2.90. The fraction of sp³-hybridized carbons (Fsp3) is 0.200. The third-order valence-electron chi connectivity index (χ3n) is 3.03. The number of benzene rings is 2. The summed E-state index contributed by atoms with van der Waals surface area (Å²) in [6.07, 6.45) is -0.645. The molecule has 0 spiro atoms. The van der Waals surface area contributed by atoms with Crippen molar-refractivity contribution < 1.29 is 14.6 Å². The van der Waals surface area contributed by atoms with Crippen LogP contribution in [0.1, 0.15) is 11.7 Å². The minimum absolute atomic E-state index is 0.0755.